The largest absolute Gasteiger partial charge is 0.492 e. The lowest BCUT2D eigenvalue weighted by molar-refractivity contribution is -0.122. The smallest absolute Gasteiger partial charge is 0.265 e. The van der Waals surface area contributed by atoms with Gasteiger partial charge in [0.15, 0.2) is 6.10 Å². The summed E-state index contributed by atoms with van der Waals surface area (Å²) in [6, 6.07) is 20.9. The van der Waals surface area contributed by atoms with Gasteiger partial charge in [-0.15, -0.1) is 0 Å². The van der Waals surface area contributed by atoms with E-state index in [1.165, 1.54) is 0 Å². The number of carbonyl (C=O) groups excluding carboxylic acids is 2. The zero-order chi connectivity index (χ0) is 23.8. The molecule has 0 saturated carbocycles. The molecule has 2 amide bonds. The lowest BCUT2D eigenvalue weighted by Gasteiger charge is -2.16. The first kappa shape index (κ1) is 24.1. The van der Waals surface area contributed by atoms with Crippen LogP contribution in [-0.4, -0.2) is 24.5 Å². The van der Waals surface area contributed by atoms with Gasteiger partial charge < -0.3 is 20.1 Å². The van der Waals surface area contributed by atoms with Crippen LogP contribution < -0.4 is 20.1 Å². The molecule has 3 aromatic rings. The molecule has 7 heteroatoms. The molecule has 0 aliphatic rings. The van der Waals surface area contributed by atoms with Crippen molar-refractivity contribution in [2.45, 2.75) is 26.9 Å². The van der Waals surface area contributed by atoms with Crippen molar-refractivity contribution >= 4 is 34.8 Å². The number of hydrogen-bond donors (Lipinski definition) is 2. The van der Waals surface area contributed by atoms with E-state index in [4.69, 9.17) is 21.1 Å². The third-order valence-electron chi connectivity index (χ3n) is 4.62. The molecule has 6 nitrogen and oxygen atoms in total. The van der Waals surface area contributed by atoms with Crippen LogP contribution in [0.15, 0.2) is 72.8 Å². The van der Waals surface area contributed by atoms with Crippen molar-refractivity contribution in [3.05, 3.63) is 83.4 Å². The van der Waals surface area contributed by atoms with Gasteiger partial charge in [-0.3, -0.25) is 9.59 Å². The fourth-order valence-corrected chi connectivity index (χ4v) is 3.08. The van der Waals surface area contributed by atoms with E-state index in [-0.39, 0.29) is 11.8 Å². The topological polar surface area (TPSA) is 76.7 Å². The molecule has 0 saturated heterocycles. The predicted molar refractivity (Wildman–Crippen MR) is 131 cm³/mol. The lowest BCUT2D eigenvalue weighted by atomic mass is 10.1. The van der Waals surface area contributed by atoms with E-state index in [2.05, 4.69) is 10.6 Å². The number of anilines is 2. The normalized spacial score (nSPS) is 11.5. The maximum absolute atomic E-state index is 12.7. The molecule has 0 spiro atoms. The van der Waals surface area contributed by atoms with Crippen LogP contribution in [0, 0.1) is 5.92 Å². The summed E-state index contributed by atoms with van der Waals surface area (Å²) in [7, 11) is 0. The van der Waals surface area contributed by atoms with Crippen molar-refractivity contribution in [2.75, 3.05) is 17.2 Å². The molecule has 0 aliphatic heterocycles. The number of rotatable bonds is 9. The van der Waals surface area contributed by atoms with Crippen molar-refractivity contribution in [1.82, 2.24) is 0 Å². The van der Waals surface area contributed by atoms with Crippen molar-refractivity contribution in [3.63, 3.8) is 0 Å². The Kier molecular flexibility index (Phi) is 8.33. The molecule has 172 valence electrons. The Balaban J connectivity index is 1.59. The van der Waals surface area contributed by atoms with Crippen molar-refractivity contribution in [2.24, 2.45) is 5.92 Å². The second-order valence-electron chi connectivity index (χ2n) is 7.91. The number of hydrogen-bond acceptors (Lipinski definition) is 4. The van der Waals surface area contributed by atoms with Gasteiger partial charge in [-0.1, -0.05) is 49.7 Å². The van der Waals surface area contributed by atoms with Crippen LogP contribution in [0.25, 0.3) is 0 Å². The van der Waals surface area contributed by atoms with Gasteiger partial charge in [0.25, 0.3) is 11.8 Å². The minimum absolute atomic E-state index is 0.270. The van der Waals surface area contributed by atoms with E-state index in [0.29, 0.717) is 46.0 Å². The summed E-state index contributed by atoms with van der Waals surface area (Å²) in [4.78, 5) is 25.2. The highest BCUT2D eigenvalue weighted by Crippen LogP contribution is 2.25. The average molecular weight is 467 g/mol. The molecular weight excluding hydrogens is 440 g/mol. The molecule has 33 heavy (non-hydrogen) atoms. The Morgan fingerprint density at radius 2 is 1.39 bits per heavy atom. The zero-order valence-corrected chi connectivity index (χ0v) is 19.6. The minimum Gasteiger partial charge on any atom is -0.492 e. The number of amides is 2. The zero-order valence-electron chi connectivity index (χ0n) is 18.8. The molecule has 2 N–H and O–H groups in total. The number of halogens is 1. The van der Waals surface area contributed by atoms with E-state index in [1.807, 2.05) is 19.9 Å². The van der Waals surface area contributed by atoms with Crippen LogP contribution in [0.3, 0.4) is 0 Å². The molecule has 0 aliphatic carbocycles. The first-order valence-corrected chi connectivity index (χ1v) is 11.1. The number of carbonyl (C=O) groups is 2. The Bertz CT molecular complexity index is 1100. The fraction of sp³-hybridized carbons (Fsp3) is 0.231. The van der Waals surface area contributed by atoms with Crippen molar-refractivity contribution in [3.8, 4) is 11.5 Å². The Hall–Kier alpha value is -3.51. The Labute approximate surface area is 198 Å². The third kappa shape index (κ3) is 6.99. The second-order valence-corrected chi connectivity index (χ2v) is 8.32. The summed E-state index contributed by atoms with van der Waals surface area (Å²) in [5.41, 5.74) is 1.63. The van der Waals surface area contributed by atoms with E-state index < -0.39 is 6.10 Å². The minimum atomic E-state index is -0.744. The van der Waals surface area contributed by atoms with Crippen LogP contribution in [0.2, 0.25) is 5.02 Å². The summed E-state index contributed by atoms with van der Waals surface area (Å²) < 4.78 is 11.4. The molecule has 0 aromatic heterocycles. The summed E-state index contributed by atoms with van der Waals surface area (Å²) >= 11 is 6.08. The van der Waals surface area contributed by atoms with Gasteiger partial charge in [0.2, 0.25) is 0 Å². The molecule has 3 rings (SSSR count). The van der Waals surface area contributed by atoms with E-state index in [0.717, 1.165) is 0 Å². The molecule has 3 aromatic carbocycles. The number of benzene rings is 3. The molecular formula is C26H27ClN2O4. The quantitative estimate of drug-likeness (QED) is 0.403. The molecule has 0 fully saturated rings. The van der Waals surface area contributed by atoms with Gasteiger partial charge in [-0.25, -0.2) is 0 Å². The third-order valence-corrected chi connectivity index (χ3v) is 4.94. The molecule has 0 radical (unpaired) electrons. The van der Waals surface area contributed by atoms with Crippen LogP contribution in [0.1, 0.15) is 31.1 Å². The second kappa shape index (κ2) is 11.4. The Morgan fingerprint density at radius 1 is 0.818 bits per heavy atom. The standard InChI is InChI=1S/C26H27ClN2O4/c1-17(2)16-32-23-10-6-4-8-21(23)26(31)29-20-14-12-19(13-15-20)28-25(30)18(3)33-24-11-7-5-9-22(24)27/h4-15,17-18H,16H2,1-3H3,(H,28,30)(H,29,31). The monoisotopic (exact) mass is 466 g/mol. The summed E-state index contributed by atoms with van der Waals surface area (Å²) in [5, 5.41) is 6.09. The average Bonchev–Trinajstić information content (AvgIpc) is 2.80. The van der Waals surface area contributed by atoms with Crippen molar-refractivity contribution in [1.29, 1.82) is 0 Å². The van der Waals surface area contributed by atoms with Gasteiger partial charge in [-0.2, -0.15) is 0 Å². The van der Waals surface area contributed by atoms with Crippen LogP contribution >= 0.6 is 11.6 Å². The van der Waals surface area contributed by atoms with Gasteiger partial charge in [-0.05, 0) is 61.4 Å². The predicted octanol–water partition coefficient (Wildman–Crippen LogP) is 6.03. The maximum Gasteiger partial charge on any atom is 0.265 e. The number of ether oxygens (including phenoxy) is 2. The molecule has 1 unspecified atom stereocenters. The number of para-hydroxylation sites is 2. The van der Waals surface area contributed by atoms with Gasteiger partial charge in [0.05, 0.1) is 17.2 Å². The Morgan fingerprint density at radius 3 is 2.03 bits per heavy atom. The first-order valence-electron chi connectivity index (χ1n) is 10.7. The molecule has 0 bridgehead atoms. The number of nitrogens with one attached hydrogen (secondary N) is 2. The van der Waals surface area contributed by atoms with E-state index in [9.17, 15) is 9.59 Å². The van der Waals surface area contributed by atoms with E-state index >= 15 is 0 Å². The summed E-state index contributed by atoms with van der Waals surface area (Å²) in [6.45, 7) is 6.27. The highest BCUT2D eigenvalue weighted by molar-refractivity contribution is 6.32. The van der Waals surface area contributed by atoms with Crippen LogP contribution in [-0.2, 0) is 4.79 Å². The first-order chi connectivity index (χ1) is 15.8. The van der Waals surface area contributed by atoms with E-state index in [1.54, 1.807) is 73.7 Å². The van der Waals surface area contributed by atoms with Gasteiger partial charge >= 0.3 is 0 Å². The van der Waals surface area contributed by atoms with Crippen LogP contribution in [0.5, 0.6) is 11.5 Å². The summed E-state index contributed by atoms with van der Waals surface area (Å²) in [6.07, 6.45) is -0.744. The molecule has 1 atom stereocenters. The van der Waals surface area contributed by atoms with Gasteiger partial charge in [0, 0.05) is 11.4 Å². The SMILES string of the molecule is CC(C)COc1ccccc1C(=O)Nc1ccc(NC(=O)C(C)Oc2ccccc2Cl)cc1. The highest BCUT2D eigenvalue weighted by atomic mass is 35.5. The van der Waals surface area contributed by atoms with Gasteiger partial charge in [0.1, 0.15) is 11.5 Å². The lowest BCUT2D eigenvalue weighted by Crippen LogP contribution is -2.30. The highest BCUT2D eigenvalue weighted by Gasteiger charge is 2.17. The summed E-state index contributed by atoms with van der Waals surface area (Å²) in [5.74, 6) is 0.745. The maximum atomic E-state index is 12.7. The fourth-order valence-electron chi connectivity index (χ4n) is 2.90. The van der Waals surface area contributed by atoms with Crippen molar-refractivity contribution < 1.29 is 19.1 Å². The molecule has 0 heterocycles. The van der Waals surface area contributed by atoms with Crippen LogP contribution in [0.4, 0.5) is 11.4 Å².